The van der Waals surface area contributed by atoms with E-state index >= 15 is 0 Å². The van der Waals surface area contributed by atoms with Crippen LogP contribution < -0.4 is 0 Å². The van der Waals surface area contributed by atoms with Gasteiger partial charge in [-0.1, -0.05) is 0 Å². The second kappa shape index (κ2) is 3.71. The molecule has 0 amide bonds. The van der Waals surface area contributed by atoms with Crippen molar-refractivity contribution >= 4 is 0 Å². The molecule has 8 heteroatoms. The van der Waals surface area contributed by atoms with Crippen molar-refractivity contribution in [2.45, 2.75) is 0 Å². The Morgan fingerprint density at radius 3 is 0.450 bits per heavy atom. The van der Waals surface area contributed by atoms with Crippen LogP contribution >= 0.6 is 0 Å². The van der Waals surface area contributed by atoms with Crippen LogP contribution in [0, 0.1) is 112 Å². The molecular weight excluding hydrogens is 256 g/mol. The summed E-state index contributed by atoms with van der Waals surface area (Å²) >= 11 is 0. The molecule has 0 radical (unpaired) electrons. The minimum atomic E-state index is -2.71. The largest absolute Gasteiger partial charge is 0.212 e. The molecule has 0 aromatic rings. The fraction of sp³-hybridized carbons (Fsp3) is 0.333. The summed E-state index contributed by atoms with van der Waals surface area (Å²) in [5, 5.41) is 73.3. The first kappa shape index (κ1) is 14.0. The number of rotatable bonds is 0. The fourth-order valence-corrected chi connectivity index (χ4v) is 2.50. The molecule has 0 aliphatic heterocycles. The summed E-state index contributed by atoms with van der Waals surface area (Å²) in [7, 11) is 0. The number of hydrogen-bond acceptors (Lipinski definition) is 8. The number of nitriles is 8. The van der Waals surface area contributed by atoms with Gasteiger partial charge in [0.25, 0.3) is 0 Å². The molecule has 1 saturated carbocycles. The van der Waals surface area contributed by atoms with E-state index in [1.54, 1.807) is 0 Å². The summed E-state index contributed by atoms with van der Waals surface area (Å²) in [6.45, 7) is 0. The Hall–Kier alpha value is -4.08. The van der Waals surface area contributed by atoms with E-state index in [1.165, 1.54) is 48.6 Å². The first-order valence-corrected chi connectivity index (χ1v) is 4.79. The highest BCUT2D eigenvalue weighted by Gasteiger charge is 2.95. The van der Waals surface area contributed by atoms with Crippen LogP contribution in [-0.4, -0.2) is 0 Å². The summed E-state index contributed by atoms with van der Waals surface area (Å²) in [5.74, 6) is 0. The molecule has 1 aliphatic rings. The van der Waals surface area contributed by atoms with Crippen LogP contribution in [0.25, 0.3) is 0 Å². The highest BCUT2D eigenvalue weighted by atomic mass is 14.8. The molecule has 0 atom stereocenters. The van der Waals surface area contributed by atoms with Crippen LogP contribution in [0.1, 0.15) is 0 Å². The zero-order valence-electron chi connectivity index (χ0n) is 9.58. The average molecular weight is 256 g/mol. The Morgan fingerprint density at radius 1 is 0.300 bits per heavy atom. The summed E-state index contributed by atoms with van der Waals surface area (Å²) < 4.78 is 0. The molecular formula is C12N8. The second-order valence-electron chi connectivity index (χ2n) is 3.89. The monoisotopic (exact) mass is 256 g/mol. The van der Waals surface area contributed by atoms with Crippen LogP contribution in [0.5, 0.6) is 0 Å². The lowest BCUT2D eigenvalue weighted by Crippen LogP contribution is -2.76. The molecule has 0 spiro atoms. The Balaban J connectivity index is 4.16. The fourth-order valence-electron chi connectivity index (χ4n) is 2.50. The van der Waals surface area contributed by atoms with E-state index in [4.69, 9.17) is 42.1 Å². The maximum atomic E-state index is 9.16. The van der Waals surface area contributed by atoms with E-state index in [0.29, 0.717) is 0 Å². The van der Waals surface area contributed by atoms with Gasteiger partial charge in [0.2, 0.25) is 21.7 Å². The Morgan fingerprint density at radius 2 is 0.400 bits per heavy atom. The van der Waals surface area contributed by atoms with Gasteiger partial charge in [-0.25, -0.2) is 0 Å². The molecule has 20 heavy (non-hydrogen) atoms. The predicted molar refractivity (Wildman–Crippen MR) is 54.6 cm³/mol. The first-order valence-electron chi connectivity index (χ1n) is 4.79. The van der Waals surface area contributed by atoms with Crippen molar-refractivity contribution in [1.82, 2.24) is 0 Å². The Labute approximate surface area is 113 Å². The molecule has 0 heterocycles. The molecule has 0 unspecified atom stereocenters. The van der Waals surface area contributed by atoms with Crippen LogP contribution in [0.2, 0.25) is 0 Å². The Kier molecular flexibility index (Phi) is 2.59. The van der Waals surface area contributed by atoms with Crippen LogP contribution in [-0.2, 0) is 0 Å². The van der Waals surface area contributed by atoms with Gasteiger partial charge in [-0.15, -0.1) is 0 Å². The molecule has 0 aromatic heterocycles. The van der Waals surface area contributed by atoms with Crippen molar-refractivity contribution in [2.75, 3.05) is 0 Å². The van der Waals surface area contributed by atoms with E-state index < -0.39 is 21.7 Å². The summed E-state index contributed by atoms with van der Waals surface area (Å²) in [4.78, 5) is 0. The predicted octanol–water partition coefficient (Wildman–Crippen LogP) is 0.134. The number of nitrogens with zero attached hydrogens (tertiary/aromatic N) is 8. The zero-order valence-corrected chi connectivity index (χ0v) is 9.58. The maximum Gasteiger partial charge on any atom is 0.212 e. The van der Waals surface area contributed by atoms with Gasteiger partial charge < -0.3 is 0 Å². The highest BCUT2D eigenvalue weighted by molar-refractivity contribution is 5.65. The molecule has 0 N–H and O–H groups in total. The van der Waals surface area contributed by atoms with E-state index in [9.17, 15) is 0 Å². The minimum Gasteiger partial charge on any atom is -0.196 e. The normalized spacial score (nSPS) is 21.2. The molecule has 1 aliphatic carbocycles. The lowest BCUT2D eigenvalue weighted by Gasteiger charge is -2.58. The van der Waals surface area contributed by atoms with E-state index in [-0.39, 0.29) is 0 Å². The molecule has 0 bridgehead atoms. The molecule has 88 valence electrons. The molecule has 0 aromatic carbocycles. The van der Waals surface area contributed by atoms with Gasteiger partial charge in [0.05, 0.1) is 48.6 Å². The van der Waals surface area contributed by atoms with E-state index in [2.05, 4.69) is 0 Å². The first-order chi connectivity index (χ1) is 9.49. The third-order valence-corrected chi connectivity index (χ3v) is 3.59. The van der Waals surface area contributed by atoms with Gasteiger partial charge in [0, 0.05) is 0 Å². The topological polar surface area (TPSA) is 190 Å². The van der Waals surface area contributed by atoms with Gasteiger partial charge in [0.15, 0.2) is 0 Å². The lowest BCUT2D eigenvalue weighted by atomic mass is 9.27. The summed E-state index contributed by atoms with van der Waals surface area (Å²) in [6, 6.07) is 10.6. The SMILES string of the molecule is N#CC1(C#N)C(C#N)(C#N)C(C#N)(C#N)C1(C#N)C#N. The Bertz CT molecular complexity index is 608. The zero-order chi connectivity index (χ0) is 15.7. The maximum absolute atomic E-state index is 9.16. The molecule has 0 saturated heterocycles. The van der Waals surface area contributed by atoms with Gasteiger partial charge in [-0.2, -0.15) is 42.1 Å². The van der Waals surface area contributed by atoms with Crippen molar-refractivity contribution in [2.24, 2.45) is 21.7 Å². The van der Waals surface area contributed by atoms with Crippen LogP contribution in [0.4, 0.5) is 0 Å². The molecule has 1 fully saturated rings. The van der Waals surface area contributed by atoms with Crippen LogP contribution in [0.15, 0.2) is 0 Å². The number of hydrogen-bond donors (Lipinski definition) is 0. The van der Waals surface area contributed by atoms with E-state index in [1.807, 2.05) is 0 Å². The van der Waals surface area contributed by atoms with Gasteiger partial charge in [-0.05, 0) is 0 Å². The van der Waals surface area contributed by atoms with Gasteiger partial charge >= 0.3 is 0 Å². The average Bonchev–Trinajstić information content (AvgIpc) is 2.50. The van der Waals surface area contributed by atoms with Gasteiger partial charge in [0.1, 0.15) is 0 Å². The third-order valence-electron chi connectivity index (χ3n) is 3.59. The van der Waals surface area contributed by atoms with Crippen molar-refractivity contribution in [1.29, 1.82) is 42.1 Å². The quantitative estimate of drug-likeness (QED) is 0.583. The van der Waals surface area contributed by atoms with Gasteiger partial charge in [-0.3, -0.25) is 0 Å². The third kappa shape index (κ3) is 0.743. The van der Waals surface area contributed by atoms with E-state index in [0.717, 1.165) is 0 Å². The smallest absolute Gasteiger partial charge is 0.196 e. The van der Waals surface area contributed by atoms with Crippen molar-refractivity contribution < 1.29 is 0 Å². The lowest BCUT2D eigenvalue weighted by molar-refractivity contribution is -0.0918. The molecule has 1 rings (SSSR count). The standard InChI is InChI=1S/C12N8/c13-1-9(2-14)10(3-15,4-16)12(7-19,8-20)11(9,5-17)6-18. The molecule has 8 nitrogen and oxygen atoms in total. The van der Waals surface area contributed by atoms with Crippen molar-refractivity contribution in [3.63, 3.8) is 0 Å². The summed E-state index contributed by atoms with van der Waals surface area (Å²) in [6.07, 6.45) is 0. The highest BCUT2D eigenvalue weighted by Crippen LogP contribution is 2.77. The minimum absolute atomic E-state index is 1.32. The van der Waals surface area contributed by atoms with Crippen molar-refractivity contribution in [3.05, 3.63) is 0 Å². The van der Waals surface area contributed by atoms with Crippen molar-refractivity contribution in [3.8, 4) is 48.6 Å². The van der Waals surface area contributed by atoms with Crippen LogP contribution in [0.3, 0.4) is 0 Å². The summed E-state index contributed by atoms with van der Waals surface area (Å²) in [5.41, 5.74) is -10.8. The second-order valence-corrected chi connectivity index (χ2v) is 3.89.